The van der Waals surface area contributed by atoms with Gasteiger partial charge in [-0.2, -0.15) is 0 Å². The van der Waals surface area contributed by atoms with E-state index in [1.807, 2.05) is 18.2 Å². The second-order valence-corrected chi connectivity index (χ2v) is 5.93. The number of rotatable bonds is 11. The van der Waals surface area contributed by atoms with Gasteiger partial charge in [0.25, 0.3) is 0 Å². The summed E-state index contributed by atoms with van der Waals surface area (Å²) in [6.45, 7) is 4.29. The average molecular weight is 302 g/mol. The number of aliphatic carboxylic acids is 1. The highest BCUT2D eigenvalue weighted by atomic mass is 16.4. The van der Waals surface area contributed by atoms with Gasteiger partial charge in [-0.05, 0) is 30.4 Å². The lowest BCUT2D eigenvalue weighted by atomic mass is 10.00. The highest BCUT2D eigenvalue weighted by Crippen LogP contribution is 2.18. The smallest absolute Gasteiger partial charge is 0.335 e. The third-order valence-corrected chi connectivity index (χ3v) is 3.95. The Bertz CT molecular complexity index is 457. The third kappa shape index (κ3) is 6.93. The maximum atomic E-state index is 11.3. The van der Waals surface area contributed by atoms with Gasteiger partial charge in [-0.15, -0.1) is 0 Å². The molecule has 0 saturated heterocycles. The van der Waals surface area contributed by atoms with Gasteiger partial charge < -0.3 is 5.11 Å². The molecule has 0 aliphatic carbocycles. The van der Waals surface area contributed by atoms with Crippen molar-refractivity contribution in [3.05, 3.63) is 41.5 Å². The molecule has 0 aromatic heterocycles. The van der Waals surface area contributed by atoms with Crippen LogP contribution in [-0.2, 0) is 11.2 Å². The highest BCUT2D eigenvalue weighted by molar-refractivity contribution is 6.15. The fraction of sp³-hybridized carbons (Fsp3) is 0.550. The van der Waals surface area contributed by atoms with Crippen LogP contribution in [0.1, 0.15) is 76.3 Å². The van der Waals surface area contributed by atoms with E-state index < -0.39 is 5.97 Å². The second kappa shape index (κ2) is 11.1. The van der Waals surface area contributed by atoms with Gasteiger partial charge in [-0.1, -0.05) is 82.7 Å². The van der Waals surface area contributed by atoms with Gasteiger partial charge in [0.15, 0.2) is 0 Å². The zero-order valence-corrected chi connectivity index (χ0v) is 14.1. The van der Waals surface area contributed by atoms with Crippen molar-refractivity contribution in [2.75, 3.05) is 0 Å². The molecule has 0 heterocycles. The summed E-state index contributed by atoms with van der Waals surface area (Å²) >= 11 is 0. The first-order valence-electron chi connectivity index (χ1n) is 8.71. The lowest BCUT2D eigenvalue weighted by Gasteiger charge is -2.06. The minimum Gasteiger partial charge on any atom is -0.478 e. The maximum absolute atomic E-state index is 11.3. The molecule has 0 spiro atoms. The van der Waals surface area contributed by atoms with Crippen molar-refractivity contribution in [2.45, 2.75) is 71.6 Å². The summed E-state index contributed by atoms with van der Waals surface area (Å²) in [4.78, 5) is 11.3. The predicted octanol–water partition coefficient (Wildman–Crippen LogP) is 5.86. The molecule has 0 aliphatic rings. The van der Waals surface area contributed by atoms with Gasteiger partial charge in [0.1, 0.15) is 0 Å². The summed E-state index contributed by atoms with van der Waals surface area (Å²) in [5.41, 5.74) is 2.54. The van der Waals surface area contributed by atoms with Gasteiger partial charge in [0.05, 0.1) is 5.57 Å². The van der Waals surface area contributed by atoms with Crippen LogP contribution in [0.5, 0.6) is 0 Å². The number of hydrogen-bond donors (Lipinski definition) is 1. The molecular formula is C20H30O2. The molecule has 0 unspecified atom stereocenters. The lowest BCUT2D eigenvalue weighted by molar-refractivity contribution is -0.130. The number of benzene rings is 1. The van der Waals surface area contributed by atoms with Crippen LogP contribution in [0.15, 0.2) is 30.3 Å². The molecule has 0 radical (unpaired) electrons. The van der Waals surface area contributed by atoms with Crippen LogP contribution in [-0.4, -0.2) is 11.1 Å². The first kappa shape index (κ1) is 18.5. The number of carboxylic acids is 1. The molecule has 0 bridgehead atoms. The van der Waals surface area contributed by atoms with Crippen molar-refractivity contribution in [2.24, 2.45) is 0 Å². The molecule has 0 saturated carbocycles. The van der Waals surface area contributed by atoms with Crippen molar-refractivity contribution in [3.63, 3.8) is 0 Å². The Kier molecular flexibility index (Phi) is 9.29. The number of hydrogen-bond acceptors (Lipinski definition) is 1. The summed E-state index contributed by atoms with van der Waals surface area (Å²) in [5, 5.41) is 9.30. The Balaban J connectivity index is 2.49. The zero-order chi connectivity index (χ0) is 16.2. The second-order valence-electron chi connectivity index (χ2n) is 5.93. The van der Waals surface area contributed by atoms with E-state index in [-0.39, 0.29) is 0 Å². The summed E-state index contributed by atoms with van der Waals surface area (Å²) in [5.74, 6) is -0.836. The number of aryl methyl sites for hydroxylation is 1. The minimum atomic E-state index is -0.836. The van der Waals surface area contributed by atoms with Crippen LogP contribution < -0.4 is 0 Å². The maximum Gasteiger partial charge on any atom is 0.335 e. The van der Waals surface area contributed by atoms with Crippen LogP contribution in [0, 0.1) is 0 Å². The zero-order valence-electron chi connectivity index (χ0n) is 14.1. The van der Waals surface area contributed by atoms with Crippen molar-refractivity contribution in [3.8, 4) is 0 Å². The first-order valence-corrected chi connectivity index (χ1v) is 8.71. The van der Waals surface area contributed by atoms with Crippen LogP contribution in [0.3, 0.4) is 0 Å². The fourth-order valence-corrected chi connectivity index (χ4v) is 2.58. The fourth-order valence-electron chi connectivity index (χ4n) is 2.58. The van der Waals surface area contributed by atoms with Crippen LogP contribution in [0.4, 0.5) is 0 Å². The Morgan fingerprint density at radius 1 is 0.955 bits per heavy atom. The van der Waals surface area contributed by atoms with Gasteiger partial charge in [0, 0.05) is 0 Å². The summed E-state index contributed by atoms with van der Waals surface area (Å²) in [7, 11) is 0. The number of unbranched alkanes of at least 4 members (excludes halogenated alkanes) is 6. The monoisotopic (exact) mass is 302 g/mol. The van der Waals surface area contributed by atoms with E-state index in [0.29, 0.717) is 5.57 Å². The SMILES string of the molecule is CCCC=C(C(=O)O)c1ccc(CCCCCCCC)cc1. The van der Waals surface area contributed by atoms with Crippen molar-refractivity contribution < 1.29 is 9.90 Å². The van der Waals surface area contributed by atoms with Crippen molar-refractivity contribution in [1.29, 1.82) is 0 Å². The first-order chi connectivity index (χ1) is 10.7. The van der Waals surface area contributed by atoms with Crippen LogP contribution in [0.2, 0.25) is 0 Å². The molecular weight excluding hydrogens is 272 g/mol. The number of allylic oxidation sites excluding steroid dienone is 1. The Hall–Kier alpha value is -1.57. The number of carbonyl (C=O) groups is 1. The van der Waals surface area contributed by atoms with E-state index >= 15 is 0 Å². The molecule has 1 N–H and O–H groups in total. The topological polar surface area (TPSA) is 37.3 Å². The average Bonchev–Trinajstić information content (AvgIpc) is 2.52. The molecule has 1 aromatic rings. The molecule has 22 heavy (non-hydrogen) atoms. The lowest BCUT2D eigenvalue weighted by Crippen LogP contribution is -2.00. The van der Waals surface area contributed by atoms with Crippen LogP contribution in [0.25, 0.3) is 5.57 Å². The van der Waals surface area contributed by atoms with Crippen molar-refractivity contribution >= 4 is 11.5 Å². The summed E-state index contributed by atoms with van der Waals surface area (Å²) < 4.78 is 0. The molecule has 2 heteroatoms. The van der Waals surface area contributed by atoms with E-state index in [2.05, 4.69) is 26.0 Å². The normalized spacial score (nSPS) is 11.6. The molecule has 122 valence electrons. The Morgan fingerprint density at radius 3 is 2.18 bits per heavy atom. The van der Waals surface area contributed by atoms with E-state index in [9.17, 15) is 9.90 Å². The summed E-state index contributed by atoms with van der Waals surface area (Å²) in [6, 6.07) is 8.04. The Labute approximate surface area is 135 Å². The van der Waals surface area contributed by atoms with E-state index in [4.69, 9.17) is 0 Å². The summed E-state index contributed by atoms with van der Waals surface area (Å²) in [6.07, 6.45) is 12.5. The van der Waals surface area contributed by atoms with Crippen LogP contribution >= 0.6 is 0 Å². The highest BCUT2D eigenvalue weighted by Gasteiger charge is 2.09. The molecule has 0 aliphatic heterocycles. The Morgan fingerprint density at radius 2 is 1.59 bits per heavy atom. The quantitative estimate of drug-likeness (QED) is 0.411. The molecule has 1 aromatic carbocycles. The van der Waals surface area contributed by atoms with E-state index in [1.165, 1.54) is 44.1 Å². The van der Waals surface area contributed by atoms with E-state index in [0.717, 1.165) is 24.8 Å². The molecule has 0 fully saturated rings. The van der Waals surface area contributed by atoms with Crippen molar-refractivity contribution in [1.82, 2.24) is 0 Å². The van der Waals surface area contributed by atoms with Gasteiger partial charge in [0.2, 0.25) is 0 Å². The largest absolute Gasteiger partial charge is 0.478 e. The van der Waals surface area contributed by atoms with Gasteiger partial charge in [-0.25, -0.2) is 4.79 Å². The molecule has 0 atom stereocenters. The standard InChI is InChI=1S/C20H30O2/c1-3-5-7-8-9-10-11-17-13-15-18(16-14-17)19(20(21)22)12-6-4-2/h12-16H,3-11H2,1-2H3,(H,21,22). The molecule has 1 rings (SSSR count). The predicted molar refractivity (Wildman–Crippen MR) is 94.0 cm³/mol. The molecule has 2 nitrogen and oxygen atoms in total. The van der Waals surface area contributed by atoms with E-state index in [1.54, 1.807) is 0 Å². The third-order valence-electron chi connectivity index (χ3n) is 3.95. The van der Waals surface area contributed by atoms with Gasteiger partial charge in [-0.3, -0.25) is 0 Å². The molecule has 0 amide bonds. The minimum absolute atomic E-state index is 0.424. The number of carboxylic acid groups (broad SMARTS) is 1. The van der Waals surface area contributed by atoms with Gasteiger partial charge >= 0.3 is 5.97 Å².